The molecule has 2 aliphatic carbocycles. The van der Waals surface area contributed by atoms with Crippen molar-refractivity contribution in [3.05, 3.63) is 78.4 Å². The van der Waals surface area contributed by atoms with Gasteiger partial charge in [-0.05, 0) is 47.6 Å². The van der Waals surface area contributed by atoms with Crippen molar-refractivity contribution in [2.75, 3.05) is 4.90 Å². The largest absolute Gasteiger partial charge is 0.274 e. The van der Waals surface area contributed by atoms with E-state index in [2.05, 4.69) is 24.3 Å². The first-order valence-electron chi connectivity index (χ1n) is 10.1. The Labute approximate surface area is 164 Å². The van der Waals surface area contributed by atoms with Crippen LogP contribution in [0.15, 0.2) is 72.8 Å². The summed E-state index contributed by atoms with van der Waals surface area (Å²) >= 11 is 0. The molecule has 1 heterocycles. The highest BCUT2D eigenvalue weighted by atomic mass is 16.2. The lowest BCUT2D eigenvalue weighted by atomic mass is 9.73. The molecule has 1 saturated heterocycles. The summed E-state index contributed by atoms with van der Waals surface area (Å²) in [4.78, 5) is 28.4. The topological polar surface area (TPSA) is 37.4 Å². The average Bonchev–Trinajstić information content (AvgIpc) is 3.40. The van der Waals surface area contributed by atoms with Gasteiger partial charge in [-0.2, -0.15) is 0 Å². The molecule has 2 amide bonds. The van der Waals surface area contributed by atoms with Crippen molar-refractivity contribution < 1.29 is 9.59 Å². The van der Waals surface area contributed by atoms with Crippen LogP contribution in [0.4, 0.5) is 5.69 Å². The maximum Gasteiger partial charge on any atom is 0.238 e. The molecule has 3 fully saturated rings. The molecule has 5 atom stereocenters. The van der Waals surface area contributed by atoms with Gasteiger partial charge in [0, 0.05) is 5.39 Å². The third-order valence-electron chi connectivity index (χ3n) is 7.25. The maximum atomic E-state index is 13.5. The molecule has 2 bridgehead atoms. The van der Waals surface area contributed by atoms with Crippen LogP contribution in [-0.2, 0) is 9.59 Å². The van der Waals surface area contributed by atoms with E-state index in [-0.39, 0.29) is 29.6 Å². The number of amides is 2. The summed E-state index contributed by atoms with van der Waals surface area (Å²) in [6.07, 6.45) is 2.04. The standard InChI is InChI=1S/C25H21NO2/c27-24-22-17-13-19(16-7-2-1-3-8-16)20(14-17)23(22)25(28)26(24)21-12-6-10-15-9-4-5-11-18(15)21/h1-12,17,19-20,22-23H,13-14H2/t17-,19+,20+,22-,23-/m1/s1. The Bertz CT molecular complexity index is 1100. The van der Waals surface area contributed by atoms with Gasteiger partial charge in [0.1, 0.15) is 0 Å². The third kappa shape index (κ3) is 2.05. The number of carbonyl (C=O) groups is 2. The first kappa shape index (κ1) is 16.1. The lowest BCUT2D eigenvalue weighted by Crippen LogP contribution is -2.33. The van der Waals surface area contributed by atoms with Crippen LogP contribution in [0.3, 0.4) is 0 Å². The minimum absolute atomic E-state index is 0.0134. The molecule has 3 heteroatoms. The quantitative estimate of drug-likeness (QED) is 0.612. The first-order chi connectivity index (χ1) is 13.7. The van der Waals surface area contributed by atoms with Gasteiger partial charge in [0.25, 0.3) is 0 Å². The Morgan fingerprint density at radius 2 is 1.43 bits per heavy atom. The number of benzene rings is 3. The van der Waals surface area contributed by atoms with Gasteiger partial charge in [-0.25, -0.2) is 4.90 Å². The SMILES string of the molecule is O=C1[C@@H]2[C@H]3C[C@H]([C@H]2C(=O)N1c1cccc2ccccc12)[C@H](c1ccccc1)C3. The summed E-state index contributed by atoms with van der Waals surface area (Å²) < 4.78 is 0. The van der Waals surface area contributed by atoms with Gasteiger partial charge in [0.15, 0.2) is 0 Å². The molecular formula is C25H21NO2. The van der Waals surface area contributed by atoms with E-state index in [0.29, 0.717) is 11.8 Å². The number of imide groups is 1. The number of rotatable bonds is 2. The average molecular weight is 367 g/mol. The van der Waals surface area contributed by atoms with Gasteiger partial charge in [-0.15, -0.1) is 0 Å². The minimum Gasteiger partial charge on any atom is -0.274 e. The fraction of sp³-hybridized carbons (Fsp3) is 0.280. The van der Waals surface area contributed by atoms with Gasteiger partial charge in [0.05, 0.1) is 17.5 Å². The van der Waals surface area contributed by atoms with Crippen molar-refractivity contribution in [1.82, 2.24) is 0 Å². The second-order valence-corrected chi connectivity index (χ2v) is 8.47. The predicted molar refractivity (Wildman–Crippen MR) is 109 cm³/mol. The minimum atomic E-state index is -0.157. The molecule has 138 valence electrons. The van der Waals surface area contributed by atoms with E-state index in [1.165, 1.54) is 10.5 Å². The summed E-state index contributed by atoms with van der Waals surface area (Å²) in [6, 6.07) is 24.4. The van der Waals surface area contributed by atoms with E-state index < -0.39 is 0 Å². The molecule has 0 spiro atoms. The Balaban J connectivity index is 1.41. The van der Waals surface area contributed by atoms with Gasteiger partial charge < -0.3 is 0 Å². The molecule has 3 aliphatic rings. The third-order valence-corrected chi connectivity index (χ3v) is 7.25. The number of hydrogen-bond acceptors (Lipinski definition) is 2. The Morgan fingerprint density at radius 3 is 2.29 bits per heavy atom. The van der Waals surface area contributed by atoms with Gasteiger partial charge in [-0.3, -0.25) is 9.59 Å². The fourth-order valence-corrected chi connectivity index (χ4v) is 6.18. The number of nitrogens with zero attached hydrogens (tertiary/aromatic N) is 1. The first-order valence-corrected chi connectivity index (χ1v) is 10.1. The van der Waals surface area contributed by atoms with Crippen molar-refractivity contribution in [1.29, 1.82) is 0 Å². The second-order valence-electron chi connectivity index (χ2n) is 8.47. The van der Waals surface area contributed by atoms with E-state index in [4.69, 9.17) is 0 Å². The normalized spacial score (nSPS) is 31.0. The van der Waals surface area contributed by atoms with Gasteiger partial charge >= 0.3 is 0 Å². The summed E-state index contributed by atoms with van der Waals surface area (Å²) in [5.74, 6) is 0.763. The molecule has 28 heavy (non-hydrogen) atoms. The zero-order valence-corrected chi connectivity index (χ0v) is 15.5. The van der Waals surface area contributed by atoms with Crippen LogP contribution >= 0.6 is 0 Å². The van der Waals surface area contributed by atoms with E-state index >= 15 is 0 Å². The zero-order valence-electron chi connectivity index (χ0n) is 15.5. The predicted octanol–water partition coefficient (Wildman–Crippen LogP) is 4.77. The molecular weight excluding hydrogens is 346 g/mol. The molecule has 3 nitrogen and oxygen atoms in total. The number of hydrogen-bond donors (Lipinski definition) is 0. The van der Waals surface area contributed by atoms with Crippen LogP contribution in [-0.4, -0.2) is 11.8 Å². The molecule has 6 rings (SSSR count). The summed E-state index contributed by atoms with van der Waals surface area (Å²) in [5, 5.41) is 2.03. The van der Waals surface area contributed by atoms with Crippen molar-refractivity contribution >= 4 is 28.3 Å². The molecule has 3 aromatic carbocycles. The maximum absolute atomic E-state index is 13.5. The van der Waals surface area contributed by atoms with E-state index in [9.17, 15) is 9.59 Å². The Kier molecular flexibility index (Phi) is 3.31. The number of anilines is 1. The highest BCUT2D eigenvalue weighted by molar-refractivity contribution is 6.25. The van der Waals surface area contributed by atoms with Crippen molar-refractivity contribution in [2.45, 2.75) is 18.8 Å². The van der Waals surface area contributed by atoms with Crippen LogP contribution in [0.2, 0.25) is 0 Å². The molecule has 0 unspecified atom stereocenters. The van der Waals surface area contributed by atoms with Crippen LogP contribution in [0.25, 0.3) is 10.8 Å². The van der Waals surface area contributed by atoms with E-state index in [0.717, 1.165) is 29.3 Å². The van der Waals surface area contributed by atoms with Crippen LogP contribution in [0.5, 0.6) is 0 Å². The van der Waals surface area contributed by atoms with Crippen molar-refractivity contribution in [3.63, 3.8) is 0 Å². The van der Waals surface area contributed by atoms with Crippen LogP contribution in [0, 0.1) is 23.7 Å². The molecule has 0 aromatic heterocycles. The number of carbonyl (C=O) groups excluding carboxylic acids is 2. The molecule has 2 saturated carbocycles. The van der Waals surface area contributed by atoms with Crippen molar-refractivity contribution in [3.8, 4) is 0 Å². The van der Waals surface area contributed by atoms with Crippen molar-refractivity contribution in [2.24, 2.45) is 23.7 Å². The van der Waals surface area contributed by atoms with E-state index in [1.807, 2.05) is 48.5 Å². The highest BCUT2D eigenvalue weighted by Crippen LogP contribution is 2.62. The summed E-state index contributed by atoms with van der Waals surface area (Å²) in [5.41, 5.74) is 2.07. The lowest BCUT2D eigenvalue weighted by molar-refractivity contribution is -0.123. The zero-order chi connectivity index (χ0) is 18.8. The summed E-state index contributed by atoms with van der Waals surface area (Å²) in [7, 11) is 0. The smallest absolute Gasteiger partial charge is 0.238 e. The highest BCUT2D eigenvalue weighted by Gasteiger charge is 2.64. The fourth-order valence-electron chi connectivity index (χ4n) is 6.18. The molecule has 3 aromatic rings. The molecule has 1 aliphatic heterocycles. The lowest BCUT2D eigenvalue weighted by Gasteiger charge is -2.28. The second kappa shape index (κ2) is 5.78. The summed E-state index contributed by atoms with van der Waals surface area (Å²) in [6.45, 7) is 0. The van der Waals surface area contributed by atoms with Crippen LogP contribution in [0.1, 0.15) is 24.3 Å². The van der Waals surface area contributed by atoms with Gasteiger partial charge in [0.2, 0.25) is 11.8 Å². The van der Waals surface area contributed by atoms with E-state index in [1.54, 1.807) is 0 Å². The number of fused-ring (bicyclic) bond motifs is 6. The van der Waals surface area contributed by atoms with Crippen LogP contribution < -0.4 is 4.90 Å². The Hall–Kier alpha value is -2.94. The molecule has 0 N–H and O–H groups in total. The van der Waals surface area contributed by atoms with Gasteiger partial charge in [-0.1, -0.05) is 66.7 Å². The molecule has 0 radical (unpaired) electrons. The monoisotopic (exact) mass is 367 g/mol. The Morgan fingerprint density at radius 1 is 0.714 bits per heavy atom.